The lowest BCUT2D eigenvalue weighted by molar-refractivity contribution is -0.131. The topological polar surface area (TPSA) is 36.7 Å². The molecule has 3 aromatic rings. The standard InChI is InChI=1S/C24H26N2O2/c1-19-6-5-9-21(18-19)25-14-16-26(17-15-25)24(27)13-11-22-10-12-23(28-22)20-7-3-2-4-8-20/h2-10,12,18H,11,13-17H2,1H3. The summed E-state index contributed by atoms with van der Waals surface area (Å²) in [5.41, 5.74) is 3.58. The van der Waals surface area contributed by atoms with Crippen LogP contribution in [0, 0.1) is 6.92 Å². The first kappa shape index (κ1) is 18.4. The van der Waals surface area contributed by atoms with Gasteiger partial charge in [-0.1, -0.05) is 42.5 Å². The van der Waals surface area contributed by atoms with E-state index in [-0.39, 0.29) is 5.91 Å². The van der Waals surface area contributed by atoms with Crippen molar-refractivity contribution in [2.75, 3.05) is 31.1 Å². The number of aryl methyl sites for hydroxylation is 2. The van der Waals surface area contributed by atoms with Crippen LogP contribution in [0.2, 0.25) is 0 Å². The van der Waals surface area contributed by atoms with E-state index in [1.165, 1.54) is 11.3 Å². The van der Waals surface area contributed by atoms with Crippen molar-refractivity contribution in [2.24, 2.45) is 0 Å². The van der Waals surface area contributed by atoms with Crippen molar-refractivity contribution < 1.29 is 9.21 Å². The van der Waals surface area contributed by atoms with Crippen LogP contribution in [0.25, 0.3) is 11.3 Å². The Labute approximate surface area is 166 Å². The number of benzene rings is 2. The quantitative estimate of drug-likeness (QED) is 0.658. The highest BCUT2D eigenvalue weighted by molar-refractivity contribution is 5.76. The fraction of sp³-hybridized carbons (Fsp3) is 0.292. The van der Waals surface area contributed by atoms with Crippen LogP contribution in [0.4, 0.5) is 5.69 Å². The van der Waals surface area contributed by atoms with Crippen LogP contribution in [0.3, 0.4) is 0 Å². The van der Waals surface area contributed by atoms with Crippen molar-refractivity contribution in [1.29, 1.82) is 0 Å². The monoisotopic (exact) mass is 374 g/mol. The zero-order chi connectivity index (χ0) is 19.3. The van der Waals surface area contributed by atoms with Gasteiger partial charge < -0.3 is 14.2 Å². The number of furan rings is 1. The molecule has 2 heterocycles. The minimum Gasteiger partial charge on any atom is -0.461 e. The zero-order valence-electron chi connectivity index (χ0n) is 16.3. The molecule has 0 atom stereocenters. The van der Waals surface area contributed by atoms with Gasteiger partial charge in [-0.2, -0.15) is 0 Å². The first-order valence-electron chi connectivity index (χ1n) is 9.92. The molecule has 1 aliphatic rings. The van der Waals surface area contributed by atoms with Crippen LogP contribution in [0.5, 0.6) is 0 Å². The number of hydrogen-bond acceptors (Lipinski definition) is 3. The maximum absolute atomic E-state index is 12.6. The van der Waals surface area contributed by atoms with E-state index in [2.05, 4.69) is 36.1 Å². The molecule has 28 heavy (non-hydrogen) atoms. The number of rotatable bonds is 5. The Hall–Kier alpha value is -3.01. The molecule has 1 aliphatic heterocycles. The van der Waals surface area contributed by atoms with Crippen molar-refractivity contribution in [3.05, 3.63) is 78.1 Å². The Morgan fingerprint density at radius 2 is 1.71 bits per heavy atom. The Kier molecular flexibility index (Phi) is 5.47. The van der Waals surface area contributed by atoms with Gasteiger partial charge in [0.1, 0.15) is 11.5 Å². The second-order valence-corrected chi connectivity index (χ2v) is 7.34. The first-order valence-corrected chi connectivity index (χ1v) is 9.92. The summed E-state index contributed by atoms with van der Waals surface area (Å²) < 4.78 is 5.91. The van der Waals surface area contributed by atoms with E-state index in [0.29, 0.717) is 12.8 Å². The molecule has 1 saturated heterocycles. The highest BCUT2D eigenvalue weighted by atomic mass is 16.3. The number of amides is 1. The molecule has 1 fully saturated rings. The second kappa shape index (κ2) is 8.34. The lowest BCUT2D eigenvalue weighted by Crippen LogP contribution is -2.48. The molecular formula is C24H26N2O2. The molecular weight excluding hydrogens is 348 g/mol. The van der Waals surface area contributed by atoms with E-state index in [1.54, 1.807) is 0 Å². The Morgan fingerprint density at radius 1 is 0.929 bits per heavy atom. The Bertz CT molecular complexity index is 925. The molecule has 0 saturated carbocycles. The highest BCUT2D eigenvalue weighted by Crippen LogP contribution is 2.23. The first-order chi connectivity index (χ1) is 13.7. The Morgan fingerprint density at radius 3 is 2.46 bits per heavy atom. The van der Waals surface area contributed by atoms with Crippen LogP contribution in [0.15, 0.2) is 71.1 Å². The van der Waals surface area contributed by atoms with E-state index in [4.69, 9.17) is 4.42 Å². The van der Waals surface area contributed by atoms with E-state index >= 15 is 0 Å². The molecule has 4 nitrogen and oxygen atoms in total. The number of carbonyl (C=O) groups is 1. The molecule has 4 rings (SSSR count). The molecule has 0 radical (unpaired) electrons. The van der Waals surface area contributed by atoms with E-state index in [9.17, 15) is 4.79 Å². The number of nitrogens with zero attached hydrogens (tertiary/aromatic N) is 2. The van der Waals surface area contributed by atoms with Crippen LogP contribution in [0.1, 0.15) is 17.7 Å². The van der Waals surface area contributed by atoms with Crippen molar-refractivity contribution in [3.8, 4) is 11.3 Å². The number of piperazine rings is 1. The lowest BCUT2D eigenvalue weighted by Gasteiger charge is -2.36. The summed E-state index contributed by atoms with van der Waals surface area (Å²) in [7, 11) is 0. The van der Waals surface area contributed by atoms with Crippen molar-refractivity contribution >= 4 is 11.6 Å². The fourth-order valence-corrected chi connectivity index (χ4v) is 3.70. The summed E-state index contributed by atoms with van der Waals surface area (Å²) >= 11 is 0. The maximum Gasteiger partial charge on any atom is 0.223 e. The normalized spacial score (nSPS) is 14.3. The summed E-state index contributed by atoms with van der Waals surface area (Å²) in [4.78, 5) is 16.9. The SMILES string of the molecule is Cc1cccc(N2CCN(C(=O)CCc3ccc(-c4ccccc4)o3)CC2)c1. The molecule has 4 heteroatoms. The van der Waals surface area contributed by atoms with Gasteiger partial charge in [-0.25, -0.2) is 0 Å². The Balaban J connectivity index is 1.28. The molecule has 1 amide bonds. The van der Waals surface area contributed by atoms with Gasteiger partial charge in [0, 0.05) is 50.3 Å². The average molecular weight is 374 g/mol. The maximum atomic E-state index is 12.6. The molecule has 0 spiro atoms. The second-order valence-electron chi connectivity index (χ2n) is 7.34. The van der Waals surface area contributed by atoms with Gasteiger partial charge in [-0.3, -0.25) is 4.79 Å². The minimum atomic E-state index is 0.210. The van der Waals surface area contributed by atoms with Crippen molar-refractivity contribution in [3.63, 3.8) is 0 Å². The van der Waals surface area contributed by atoms with Crippen molar-refractivity contribution in [2.45, 2.75) is 19.8 Å². The average Bonchev–Trinajstić information content (AvgIpc) is 3.22. The third-order valence-corrected chi connectivity index (χ3v) is 5.30. The third kappa shape index (κ3) is 4.28. The van der Waals surface area contributed by atoms with Gasteiger partial charge in [0.15, 0.2) is 0 Å². The van der Waals surface area contributed by atoms with Gasteiger partial charge in [0.05, 0.1) is 0 Å². The molecule has 2 aromatic carbocycles. The smallest absolute Gasteiger partial charge is 0.223 e. The van der Waals surface area contributed by atoms with Gasteiger partial charge in [0.25, 0.3) is 0 Å². The molecule has 0 aliphatic carbocycles. The third-order valence-electron chi connectivity index (χ3n) is 5.30. The lowest BCUT2D eigenvalue weighted by atomic mass is 10.1. The van der Waals surface area contributed by atoms with Gasteiger partial charge >= 0.3 is 0 Å². The minimum absolute atomic E-state index is 0.210. The van der Waals surface area contributed by atoms with Crippen LogP contribution < -0.4 is 4.90 Å². The zero-order valence-corrected chi connectivity index (χ0v) is 16.3. The van der Waals surface area contributed by atoms with E-state index in [1.807, 2.05) is 47.4 Å². The summed E-state index contributed by atoms with van der Waals surface area (Å²) in [6, 6.07) is 22.6. The predicted octanol–water partition coefficient (Wildman–Crippen LogP) is 4.54. The molecule has 0 bridgehead atoms. The van der Waals surface area contributed by atoms with Crippen LogP contribution in [-0.2, 0) is 11.2 Å². The molecule has 1 aromatic heterocycles. The highest BCUT2D eigenvalue weighted by Gasteiger charge is 2.21. The molecule has 0 N–H and O–H groups in total. The summed E-state index contributed by atoms with van der Waals surface area (Å²) in [5, 5.41) is 0. The van der Waals surface area contributed by atoms with E-state index in [0.717, 1.165) is 43.3 Å². The largest absolute Gasteiger partial charge is 0.461 e. The summed E-state index contributed by atoms with van der Waals surface area (Å²) in [5.74, 6) is 1.93. The predicted molar refractivity (Wildman–Crippen MR) is 112 cm³/mol. The van der Waals surface area contributed by atoms with Crippen LogP contribution >= 0.6 is 0 Å². The number of carbonyl (C=O) groups excluding carboxylic acids is 1. The van der Waals surface area contributed by atoms with Crippen molar-refractivity contribution in [1.82, 2.24) is 4.90 Å². The van der Waals surface area contributed by atoms with E-state index < -0.39 is 0 Å². The number of hydrogen-bond donors (Lipinski definition) is 0. The molecule has 144 valence electrons. The summed E-state index contributed by atoms with van der Waals surface area (Å²) in [6.07, 6.45) is 1.13. The molecule has 0 unspecified atom stereocenters. The summed E-state index contributed by atoms with van der Waals surface area (Å²) in [6.45, 7) is 5.43. The number of anilines is 1. The van der Waals surface area contributed by atoms with Gasteiger partial charge in [-0.15, -0.1) is 0 Å². The van der Waals surface area contributed by atoms with Gasteiger partial charge in [0.2, 0.25) is 5.91 Å². The fourth-order valence-electron chi connectivity index (χ4n) is 3.70. The van der Waals surface area contributed by atoms with Crippen LogP contribution in [-0.4, -0.2) is 37.0 Å². The van der Waals surface area contributed by atoms with Gasteiger partial charge in [-0.05, 0) is 36.8 Å².